The van der Waals surface area contributed by atoms with E-state index in [9.17, 15) is 19.2 Å². The van der Waals surface area contributed by atoms with Crippen LogP contribution in [0.25, 0.3) is 10.8 Å². The molecule has 2 heterocycles. The summed E-state index contributed by atoms with van der Waals surface area (Å²) in [6, 6.07) is 17.8. The first kappa shape index (κ1) is 21.8. The number of fused-ring (bicyclic) bond motifs is 2. The average Bonchev–Trinajstić information content (AvgIpc) is 3.27. The predicted molar refractivity (Wildman–Crippen MR) is 127 cm³/mol. The van der Waals surface area contributed by atoms with E-state index in [4.69, 9.17) is 0 Å². The number of piperidine rings is 1. The van der Waals surface area contributed by atoms with Crippen LogP contribution < -0.4 is 10.6 Å². The lowest BCUT2D eigenvalue weighted by molar-refractivity contribution is -0.137. The van der Waals surface area contributed by atoms with Crippen LogP contribution in [0.4, 0.5) is 10.5 Å². The molecule has 0 radical (unpaired) electrons. The topological polar surface area (TPSA) is 98.8 Å². The van der Waals surface area contributed by atoms with E-state index in [1.54, 1.807) is 18.2 Å². The van der Waals surface area contributed by atoms with Crippen LogP contribution in [-0.4, -0.2) is 46.6 Å². The number of anilines is 1. The third kappa shape index (κ3) is 3.92. The molecule has 0 bridgehead atoms. The molecule has 1 saturated heterocycles. The molecule has 1 atom stereocenters. The Labute approximate surface area is 196 Å². The molecular formula is C26H24N4O4. The molecule has 5 amide bonds. The van der Waals surface area contributed by atoms with Crippen molar-refractivity contribution in [3.8, 4) is 0 Å². The first-order valence-corrected chi connectivity index (χ1v) is 11.2. The van der Waals surface area contributed by atoms with E-state index in [1.807, 2.05) is 47.4 Å². The Morgan fingerprint density at radius 2 is 1.76 bits per heavy atom. The second-order valence-corrected chi connectivity index (χ2v) is 8.64. The molecule has 2 N–H and O–H groups in total. The van der Waals surface area contributed by atoms with Crippen molar-refractivity contribution in [1.82, 2.24) is 15.1 Å². The number of nitrogens with one attached hydrogen (secondary N) is 2. The third-order valence-electron chi connectivity index (χ3n) is 6.53. The molecule has 1 fully saturated rings. The molecule has 0 aromatic heterocycles. The van der Waals surface area contributed by atoms with E-state index in [1.165, 1.54) is 7.05 Å². The van der Waals surface area contributed by atoms with Crippen LogP contribution in [0.2, 0.25) is 0 Å². The molecule has 8 heteroatoms. The summed E-state index contributed by atoms with van der Waals surface area (Å²) in [5.74, 6) is -0.976. The fourth-order valence-electron chi connectivity index (χ4n) is 4.70. The predicted octanol–water partition coefficient (Wildman–Crippen LogP) is 3.26. The monoisotopic (exact) mass is 456 g/mol. The first-order valence-electron chi connectivity index (χ1n) is 11.2. The van der Waals surface area contributed by atoms with E-state index in [2.05, 4.69) is 10.6 Å². The Balaban J connectivity index is 1.34. The van der Waals surface area contributed by atoms with E-state index in [-0.39, 0.29) is 11.8 Å². The van der Waals surface area contributed by atoms with Crippen LogP contribution in [0.3, 0.4) is 0 Å². The zero-order chi connectivity index (χ0) is 23.8. The summed E-state index contributed by atoms with van der Waals surface area (Å²) >= 11 is 0. The van der Waals surface area contributed by atoms with E-state index in [0.717, 1.165) is 26.8 Å². The maximum absolute atomic E-state index is 13.3. The number of nitrogens with zero attached hydrogens (tertiary/aromatic N) is 2. The lowest BCUT2D eigenvalue weighted by Crippen LogP contribution is -2.50. The van der Waals surface area contributed by atoms with Gasteiger partial charge in [0.15, 0.2) is 0 Å². The molecule has 0 spiro atoms. The van der Waals surface area contributed by atoms with Crippen molar-refractivity contribution in [3.63, 3.8) is 0 Å². The SMILES string of the molecule is CN(C(=O)Nc1cccc2ccccc12)C(=O)c1cccc2c1CN(C1CCC(=O)NC1=O)C2. The lowest BCUT2D eigenvalue weighted by Gasteiger charge is -2.29. The van der Waals surface area contributed by atoms with Crippen molar-refractivity contribution in [2.45, 2.75) is 32.0 Å². The van der Waals surface area contributed by atoms with Gasteiger partial charge in [0, 0.05) is 37.5 Å². The number of carbonyl (C=O) groups is 4. The van der Waals surface area contributed by atoms with Crippen LogP contribution in [0, 0.1) is 0 Å². The summed E-state index contributed by atoms with van der Waals surface area (Å²) in [5.41, 5.74) is 2.81. The lowest BCUT2D eigenvalue weighted by atomic mass is 10.0. The highest BCUT2D eigenvalue weighted by molar-refractivity contribution is 6.10. The van der Waals surface area contributed by atoms with Crippen LogP contribution in [0.5, 0.6) is 0 Å². The summed E-state index contributed by atoms with van der Waals surface area (Å²) in [7, 11) is 1.45. The number of amides is 5. The van der Waals surface area contributed by atoms with E-state index < -0.39 is 18.0 Å². The number of benzene rings is 3. The number of urea groups is 1. The minimum Gasteiger partial charge on any atom is -0.307 e. The number of hydrogen-bond acceptors (Lipinski definition) is 5. The molecular weight excluding hydrogens is 432 g/mol. The summed E-state index contributed by atoms with van der Waals surface area (Å²) in [6.45, 7) is 0.914. The zero-order valence-electron chi connectivity index (χ0n) is 18.7. The van der Waals surface area contributed by atoms with Crippen LogP contribution >= 0.6 is 0 Å². The van der Waals surface area contributed by atoms with Crippen molar-refractivity contribution < 1.29 is 19.2 Å². The Morgan fingerprint density at radius 3 is 2.59 bits per heavy atom. The molecule has 34 heavy (non-hydrogen) atoms. The molecule has 3 aromatic rings. The minimum absolute atomic E-state index is 0.257. The van der Waals surface area contributed by atoms with Gasteiger partial charge in [-0.1, -0.05) is 48.5 Å². The standard InChI is InChI=1S/C26H24N4O4/c1-29(26(34)27-21-11-5-7-16-6-2-3-9-18(16)21)25(33)19-10-4-8-17-14-30(15-20(17)19)22-12-13-23(31)28-24(22)32/h2-11,22H,12-15H2,1H3,(H,27,34)(H,28,31,32). The maximum Gasteiger partial charge on any atom is 0.328 e. The van der Waals surface area contributed by atoms with Gasteiger partial charge in [-0.05, 0) is 35.1 Å². The second-order valence-electron chi connectivity index (χ2n) is 8.64. The quantitative estimate of drug-likeness (QED) is 0.590. The number of rotatable bonds is 3. The molecule has 8 nitrogen and oxygen atoms in total. The Hall–Kier alpha value is -4.04. The maximum atomic E-state index is 13.3. The molecule has 5 rings (SSSR count). The van der Waals surface area contributed by atoms with Gasteiger partial charge in [0.05, 0.1) is 11.7 Å². The van der Waals surface area contributed by atoms with Gasteiger partial charge in [-0.2, -0.15) is 0 Å². The largest absolute Gasteiger partial charge is 0.328 e. The fourth-order valence-corrected chi connectivity index (χ4v) is 4.70. The minimum atomic E-state index is -0.529. The highest BCUT2D eigenvalue weighted by Crippen LogP contribution is 2.30. The second kappa shape index (κ2) is 8.72. The summed E-state index contributed by atoms with van der Waals surface area (Å²) < 4.78 is 0. The van der Waals surface area contributed by atoms with Crippen molar-refractivity contribution in [1.29, 1.82) is 0 Å². The van der Waals surface area contributed by atoms with Crippen molar-refractivity contribution in [2.75, 3.05) is 12.4 Å². The van der Waals surface area contributed by atoms with Gasteiger partial charge in [0.1, 0.15) is 0 Å². The summed E-state index contributed by atoms with van der Waals surface area (Å²) in [5, 5.41) is 7.11. The number of hydrogen-bond donors (Lipinski definition) is 2. The van der Waals surface area contributed by atoms with Crippen LogP contribution in [0.15, 0.2) is 60.7 Å². The molecule has 0 saturated carbocycles. The fraction of sp³-hybridized carbons (Fsp3) is 0.231. The van der Waals surface area contributed by atoms with Gasteiger partial charge in [-0.15, -0.1) is 0 Å². The van der Waals surface area contributed by atoms with Gasteiger partial charge in [-0.25, -0.2) is 4.79 Å². The average molecular weight is 457 g/mol. The molecule has 3 aromatic carbocycles. The van der Waals surface area contributed by atoms with Gasteiger partial charge in [0.2, 0.25) is 11.8 Å². The third-order valence-corrected chi connectivity index (χ3v) is 6.53. The molecule has 2 aliphatic rings. The number of imide groups is 2. The summed E-state index contributed by atoms with van der Waals surface area (Å²) in [4.78, 5) is 53.1. The van der Waals surface area contributed by atoms with Crippen molar-refractivity contribution >= 4 is 40.2 Å². The Kier molecular flexibility index (Phi) is 5.59. The zero-order valence-corrected chi connectivity index (χ0v) is 18.7. The number of carbonyl (C=O) groups excluding carboxylic acids is 4. The van der Waals surface area contributed by atoms with Gasteiger partial charge < -0.3 is 5.32 Å². The van der Waals surface area contributed by atoms with Gasteiger partial charge in [0.25, 0.3) is 5.91 Å². The molecule has 0 aliphatic carbocycles. The Bertz CT molecular complexity index is 1330. The van der Waals surface area contributed by atoms with Crippen molar-refractivity contribution in [3.05, 3.63) is 77.4 Å². The normalized spacial score (nSPS) is 17.9. The molecule has 172 valence electrons. The van der Waals surface area contributed by atoms with Crippen molar-refractivity contribution in [2.24, 2.45) is 0 Å². The van der Waals surface area contributed by atoms with Gasteiger partial charge in [-0.3, -0.25) is 29.5 Å². The van der Waals surface area contributed by atoms with E-state index >= 15 is 0 Å². The van der Waals surface area contributed by atoms with Gasteiger partial charge >= 0.3 is 6.03 Å². The highest BCUT2D eigenvalue weighted by atomic mass is 16.2. The molecule has 1 unspecified atom stereocenters. The summed E-state index contributed by atoms with van der Waals surface area (Å²) in [6.07, 6.45) is 0.751. The smallest absolute Gasteiger partial charge is 0.307 e. The molecule has 2 aliphatic heterocycles. The van der Waals surface area contributed by atoms with Crippen LogP contribution in [-0.2, 0) is 22.7 Å². The highest BCUT2D eigenvalue weighted by Gasteiger charge is 2.36. The van der Waals surface area contributed by atoms with Crippen LogP contribution in [0.1, 0.15) is 34.3 Å². The van der Waals surface area contributed by atoms with E-state index in [0.29, 0.717) is 37.2 Å². The Morgan fingerprint density at radius 1 is 1.00 bits per heavy atom. The first-order chi connectivity index (χ1) is 16.4.